The van der Waals surface area contributed by atoms with Crippen molar-refractivity contribution in [1.82, 2.24) is 55.0 Å². The van der Waals surface area contributed by atoms with Crippen molar-refractivity contribution in [3.63, 3.8) is 0 Å². The van der Waals surface area contributed by atoms with Gasteiger partial charge in [0.05, 0.1) is 134 Å². The first-order valence-electron chi connectivity index (χ1n) is 47.3. The van der Waals surface area contributed by atoms with Crippen LogP contribution in [-0.4, -0.2) is 243 Å². The molecular formula is C105H105BCl3N15O20. The number of fused-ring (bicyclic) bond motifs is 7. The van der Waals surface area contributed by atoms with E-state index in [1.54, 1.807) is 80.7 Å². The van der Waals surface area contributed by atoms with Gasteiger partial charge in [0.1, 0.15) is 80.1 Å². The average molecular weight is 2010 g/mol. The van der Waals surface area contributed by atoms with Gasteiger partial charge in [0.15, 0.2) is 39.5 Å². The Labute approximate surface area is 843 Å². The van der Waals surface area contributed by atoms with Gasteiger partial charge < -0.3 is 100 Å². The van der Waals surface area contributed by atoms with E-state index < -0.39 is 19.1 Å². The highest BCUT2D eigenvalue weighted by atomic mass is 35.5. The Morgan fingerprint density at radius 3 is 1.37 bits per heavy atom. The molecule has 6 atom stereocenters. The summed E-state index contributed by atoms with van der Waals surface area (Å²) in [5.74, 6) is 4.96. The van der Waals surface area contributed by atoms with Gasteiger partial charge in [-0.15, -0.1) is 0 Å². The van der Waals surface area contributed by atoms with Crippen LogP contribution in [0.15, 0.2) is 176 Å². The lowest BCUT2D eigenvalue weighted by Gasteiger charge is -2.32. The highest BCUT2D eigenvalue weighted by Gasteiger charge is 2.52. The number of aromatic carboxylic acids is 1. The molecule has 9 aliphatic rings. The number of hydrogen-bond donors (Lipinski definition) is 4. The molecule has 39 heteroatoms. The van der Waals surface area contributed by atoms with Crippen molar-refractivity contribution in [2.45, 2.75) is 83.6 Å². The molecule has 2 aromatic carbocycles. The maximum atomic E-state index is 13.2. The lowest BCUT2D eigenvalue weighted by atomic mass is 9.78. The number of nitrogens with one attached hydrogen (secondary N) is 3. The van der Waals surface area contributed by atoms with Crippen molar-refractivity contribution in [2.24, 2.45) is 35.5 Å². The van der Waals surface area contributed by atoms with Crippen LogP contribution in [0.1, 0.15) is 112 Å². The molecule has 9 fully saturated rings. The molecule has 12 aromatic heterocycles. The quantitative estimate of drug-likeness (QED) is 0.0486. The number of methoxy groups -OCH3 is 4. The van der Waals surface area contributed by atoms with Crippen LogP contribution in [0.25, 0.3) is 101 Å². The van der Waals surface area contributed by atoms with Crippen LogP contribution < -0.4 is 35.6 Å². The monoisotopic (exact) mass is 2010 g/mol. The summed E-state index contributed by atoms with van der Waals surface area (Å²) in [5.41, 5.74) is 13.6. The van der Waals surface area contributed by atoms with Crippen LogP contribution in [0.5, 0.6) is 17.2 Å². The number of aryl methyl sites for hydroxylation is 1. The Hall–Kier alpha value is -13.7. The van der Waals surface area contributed by atoms with Crippen molar-refractivity contribution >= 4 is 127 Å². The third kappa shape index (κ3) is 22.0. The van der Waals surface area contributed by atoms with Crippen molar-refractivity contribution in [3.8, 4) is 85.9 Å². The molecule has 9 aliphatic heterocycles. The number of halogens is 3. The molecule has 23 rings (SSSR count). The largest absolute Gasteiger partial charge is 0.496 e. The summed E-state index contributed by atoms with van der Waals surface area (Å²) in [7, 11) is 5.33. The number of carbonyl (C=O) groups excluding carboxylic acids is 3. The van der Waals surface area contributed by atoms with Crippen LogP contribution in [0.3, 0.4) is 0 Å². The second-order valence-corrected chi connectivity index (χ2v) is 38.4. The van der Waals surface area contributed by atoms with Crippen LogP contribution in [0.2, 0.25) is 15.1 Å². The minimum atomic E-state index is -1.13. The van der Waals surface area contributed by atoms with Crippen LogP contribution >= 0.6 is 34.8 Å². The Morgan fingerprint density at radius 2 is 0.889 bits per heavy atom. The minimum Gasteiger partial charge on any atom is -0.496 e. The molecule has 0 radical (unpaired) electrons. The number of likely N-dealkylation sites (tertiary alicyclic amines) is 2. The van der Waals surface area contributed by atoms with Gasteiger partial charge in [0, 0.05) is 210 Å². The van der Waals surface area contributed by atoms with E-state index in [1.807, 2.05) is 105 Å². The second-order valence-electron chi connectivity index (χ2n) is 37.2. The van der Waals surface area contributed by atoms with E-state index in [-0.39, 0.29) is 40.4 Å². The summed E-state index contributed by atoms with van der Waals surface area (Å²) >= 11 is 18.3. The number of benzene rings is 2. The third-order valence-electron chi connectivity index (χ3n) is 27.5. The Morgan fingerprint density at radius 1 is 0.458 bits per heavy atom. The molecule has 9 saturated heterocycles. The van der Waals surface area contributed by atoms with Crippen molar-refractivity contribution in [3.05, 3.63) is 213 Å². The molecule has 6 unspecified atom stereocenters. The highest BCUT2D eigenvalue weighted by molar-refractivity contribution is 6.62. The molecule has 744 valence electrons. The summed E-state index contributed by atoms with van der Waals surface area (Å²) < 4.78 is 83.7. The topological polar surface area (TPSA) is 436 Å². The highest BCUT2D eigenvalue weighted by Crippen LogP contribution is 2.44. The van der Waals surface area contributed by atoms with E-state index in [0.717, 1.165) is 143 Å². The predicted octanol–water partition coefficient (Wildman–Crippen LogP) is 17.2. The van der Waals surface area contributed by atoms with E-state index >= 15 is 0 Å². The SMILES string of the molecule is C1NCC2COCC12.CC1(C)OB(c2ccc(NC3CCOCC3)c(C#N)c2)OC1(C)C.COC(=O)c1cc(OC)c(-c2cc3nccc(Cl)c3o2)cn1.COc1cc(C(=O)N2CC3COCC3C2)cnc1-c1cc2nccc(-c3ccc(NC4CCOCC4)c(C#N)c3)c2o1.COc1cc(C(=O)O)ncc1-c1cc2nccc(Cl)c2o1.Cc1cc(C(=O)N2CC3COCC3C2)ncc1-c1cc2nccc(Cl)c2o1. The summed E-state index contributed by atoms with van der Waals surface area (Å²) in [6.07, 6.45) is 16.4. The third-order valence-corrected chi connectivity index (χ3v) is 28.4. The van der Waals surface area contributed by atoms with Gasteiger partial charge in [0.25, 0.3) is 11.8 Å². The molecule has 4 N–H and O–H groups in total. The summed E-state index contributed by atoms with van der Waals surface area (Å²) in [5, 5.41) is 40.1. The molecule has 2 amide bonds. The number of carbonyl (C=O) groups is 4. The van der Waals surface area contributed by atoms with E-state index in [2.05, 4.69) is 72.7 Å². The molecule has 35 nitrogen and oxygen atoms in total. The summed E-state index contributed by atoms with van der Waals surface area (Å²) in [6.45, 7) is 23.2. The molecule has 0 aliphatic carbocycles. The fourth-order valence-corrected chi connectivity index (χ4v) is 19.3. The van der Waals surface area contributed by atoms with Gasteiger partial charge in [-0.25, -0.2) is 24.5 Å². The zero-order chi connectivity index (χ0) is 101. The zero-order valence-electron chi connectivity index (χ0n) is 80.6. The first kappa shape index (κ1) is 100. The van der Waals surface area contributed by atoms with Gasteiger partial charge >= 0.3 is 19.1 Å². The van der Waals surface area contributed by atoms with Crippen LogP contribution in [0.4, 0.5) is 11.4 Å². The maximum absolute atomic E-state index is 13.2. The molecule has 144 heavy (non-hydrogen) atoms. The molecule has 0 saturated carbocycles. The van der Waals surface area contributed by atoms with E-state index in [0.29, 0.717) is 195 Å². The average Bonchev–Trinajstić information content (AvgIpc) is 1.62. The molecular weight excluding hydrogens is 1910 g/mol. The molecule has 0 spiro atoms. The van der Waals surface area contributed by atoms with Crippen molar-refractivity contribution < 1.29 is 93.9 Å². The number of nitrogens with zero attached hydrogens (tertiary/aromatic N) is 12. The fraction of sp³-hybridized carbons (Fsp3) is 0.371. The van der Waals surface area contributed by atoms with E-state index in [1.165, 1.54) is 58.9 Å². The lowest BCUT2D eigenvalue weighted by Crippen LogP contribution is -2.41. The predicted molar refractivity (Wildman–Crippen MR) is 537 cm³/mol. The summed E-state index contributed by atoms with van der Waals surface area (Å²) in [6, 6.07) is 37.2. The zero-order valence-corrected chi connectivity index (χ0v) is 82.8. The van der Waals surface area contributed by atoms with Crippen LogP contribution in [-0.2, 0) is 37.7 Å². The molecule has 0 bridgehead atoms. The smallest absolute Gasteiger partial charge is 0.494 e. The number of rotatable bonds is 17. The lowest BCUT2D eigenvalue weighted by molar-refractivity contribution is 0.00578. The fourth-order valence-electron chi connectivity index (χ4n) is 18.7. The number of furan rings is 4. The van der Waals surface area contributed by atoms with Gasteiger partial charge in [-0.05, 0) is 138 Å². The van der Waals surface area contributed by atoms with Gasteiger partial charge in [-0.1, -0.05) is 46.9 Å². The van der Waals surface area contributed by atoms with Gasteiger partial charge in [0.2, 0.25) is 0 Å². The normalized spacial score (nSPS) is 19.6. The first-order chi connectivity index (χ1) is 69.7. The van der Waals surface area contributed by atoms with Crippen molar-refractivity contribution in [2.75, 3.05) is 144 Å². The minimum absolute atomic E-state index is 0.0200. The number of carboxylic acids is 1. The standard InChI is InChI=1S/C32H31N5O5.C20H18ClN3O3.C18H25BN2O3.C15H11ClN2O4.C14H9ClN2O4.C6H11NO/c1-39-28-11-21(32(38)37-15-22-17-41-18-23(22)16-37)14-35-30(28)29-12-27-31(42-29)25(4-7-34-27)19-2-3-26(20(10-19)13-33)36-24-5-8-40-9-6-24;1-11-4-17(20(25)24-7-12-9-26-10-13(12)8-24)23-6-14(11)18-5-16-19(27-18)15(21)2-3-22-16;1-17(2)18(3,4)24-19(23-17)14-5-6-16(13(11-14)12-20)21-15-7-9-22-10-8-15;1-20-12-6-11(15(19)21-2)18-7-8(12)13-5-10-14(22-13)9(16)3-4-17-10;1-20-11-5-10(14(18)19)17-6-7(11)12-4-9-13(21-12)8(15)2-3-16-9;1-5-3-8-4-6(5)2-7-1/h2-4,7,10-12,14,22-24,36H,5-6,8-9,15-18H2,1H3;2-6,12-13H,7-10H2,1H3;5-6,11,15,21H,7-10H2,1-4H3;3-7H,1-2H3;2-6H,1H3,(H,18,19);5-7H,1-4H2. The Balaban J connectivity index is 0.000000119. The Kier molecular flexibility index (Phi) is 30.8. The van der Waals surface area contributed by atoms with E-state index in [4.69, 9.17) is 105 Å². The maximum Gasteiger partial charge on any atom is 0.494 e. The van der Waals surface area contributed by atoms with Crippen molar-refractivity contribution in [1.29, 1.82) is 10.5 Å². The number of ether oxygens (including phenoxy) is 9. The molecule has 21 heterocycles. The molecule has 14 aromatic rings. The van der Waals surface area contributed by atoms with Crippen LogP contribution in [0, 0.1) is 65.1 Å². The van der Waals surface area contributed by atoms with Gasteiger partial charge in [-0.2, -0.15) is 10.5 Å². The number of pyridine rings is 8. The first-order valence-corrected chi connectivity index (χ1v) is 48.4. The number of amides is 2. The second kappa shape index (κ2) is 44.2. The number of hydrogen-bond acceptors (Lipinski definition) is 32. The number of esters is 1. The van der Waals surface area contributed by atoms with Gasteiger partial charge in [-0.3, -0.25) is 34.5 Å². The van der Waals surface area contributed by atoms with E-state index in [9.17, 15) is 29.7 Å². The number of anilines is 2. The number of carboxylic acid groups (broad SMARTS) is 1. The number of nitriles is 2. The summed E-state index contributed by atoms with van der Waals surface area (Å²) in [4.78, 5) is 86.4. The number of aromatic nitrogens is 8. The Bertz CT molecular complexity index is 7140.